The maximum Gasteiger partial charge on any atom is 0.146 e. The summed E-state index contributed by atoms with van der Waals surface area (Å²) in [6.45, 7) is 12.7. The number of pyridine rings is 2. The minimum atomic E-state index is 0.680. The van der Waals surface area contributed by atoms with Gasteiger partial charge >= 0.3 is 0 Å². The Balaban J connectivity index is 0.000000876. The van der Waals surface area contributed by atoms with Crippen LogP contribution in [-0.2, 0) is 6.54 Å². The second-order valence-electron chi connectivity index (χ2n) is 14.7. The Bertz CT molecular complexity index is 2150. The average Bonchev–Trinajstić information content (AvgIpc) is 3.61. The molecule has 9 rings (SSSR count). The summed E-state index contributed by atoms with van der Waals surface area (Å²) in [5, 5.41) is 2.79. The standard InChI is InChI=1S/C47H45N3O.3C2H6/c1-5-13-34(14-6-1)38-21-23-46-42(26-38)43-27-39(35-15-7-2-8-16-35)22-24-47(43)50(46)32-33-25-41(31-48-30-33)51-40-28-44(36-17-9-3-10-18-36)49-45(29-40)37-19-11-4-12-20-37;3*1-2/h3-4,9-12,17-31,34-35H,1-2,5-8,13-16,32H2;3*1-2H3. The van der Waals surface area contributed by atoms with Gasteiger partial charge in [0.1, 0.15) is 11.5 Å². The van der Waals surface area contributed by atoms with Crippen LogP contribution in [0, 0.1) is 0 Å². The molecule has 0 aliphatic heterocycles. The van der Waals surface area contributed by atoms with Gasteiger partial charge in [-0.1, -0.05) is 153 Å². The fourth-order valence-electron chi connectivity index (χ4n) is 8.69. The Labute approximate surface area is 342 Å². The molecule has 0 saturated heterocycles. The first-order chi connectivity index (χ1) is 28.2. The fraction of sp³-hybridized carbons (Fsp3) is 0.358. The predicted molar refractivity (Wildman–Crippen MR) is 244 cm³/mol. The Hall–Kier alpha value is -5.22. The Morgan fingerprint density at radius 2 is 0.982 bits per heavy atom. The van der Waals surface area contributed by atoms with Crippen molar-refractivity contribution in [3.63, 3.8) is 0 Å². The highest BCUT2D eigenvalue weighted by atomic mass is 16.5. The average molecular weight is 758 g/mol. The summed E-state index contributed by atoms with van der Waals surface area (Å²) >= 11 is 0. The van der Waals surface area contributed by atoms with Crippen LogP contribution in [0.1, 0.15) is 134 Å². The lowest BCUT2D eigenvalue weighted by Crippen LogP contribution is -2.04. The second kappa shape index (κ2) is 20.8. The van der Waals surface area contributed by atoms with Crippen LogP contribution in [0.5, 0.6) is 11.5 Å². The second-order valence-corrected chi connectivity index (χ2v) is 14.7. The normalized spacial score (nSPS) is 14.4. The molecule has 4 nitrogen and oxygen atoms in total. The van der Waals surface area contributed by atoms with E-state index in [9.17, 15) is 0 Å². The maximum atomic E-state index is 6.59. The number of rotatable bonds is 8. The smallest absolute Gasteiger partial charge is 0.146 e. The van der Waals surface area contributed by atoms with Crippen molar-refractivity contribution in [2.45, 2.75) is 124 Å². The highest BCUT2D eigenvalue weighted by Gasteiger charge is 2.21. The monoisotopic (exact) mass is 757 g/mol. The van der Waals surface area contributed by atoms with Gasteiger partial charge in [-0.2, -0.15) is 0 Å². The van der Waals surface area contributed by atoms with Crippen LogP contribution in [0.25, 0.3) is 44.3 Å². The van der Waals surface area contributed by atoms with Crippen molar-refractivity contribution in [3.8, 4) is 34.0 Å². The van der Waals surface area contributed by atoms with E-state index in [-0.39, 0.29) is 0 Å². The quantitative estimate of drug-likeness (QED) is 0.155. The first-order valence-corrected chi connectivity index (χ1v) is 22.1. The number of ether oxygens (including phenoxy) is 1. The topological polar surface area (TPSA) is 39.9 Å². The molecule has 2 fully saturated rings. The van der Waals surface area contributed by atoms with Crippen molar-refractivity contribution in [1.29, 1.82) is 0 Å². The zero-order valence-electron chi connectivity index (χ0n) is 35.3. The molecule has 0 unspecified atom stereocenters. The summed E-state index contributed by atoms with van der Waals surface area (Å²) in [5.74, 6) is 2.82. The summed E-state index contributed by atoms with van der Waals surface area (Å²) < 4.78 is 9.09. The number of nitrogens with zero attached hydrogens (tertiary/aromatic N) is 3. The molecule has 0 atom stereocenters. The summed E-state index contributed by atoms with van der Waals surface area (Å²) in [7, 11) is 0. The van der Waals surface area contributed by atoms with Gasteiger partial charge in [0.25, 0.3) is 0 Å². The molecular weight excluding hydrogens is 695 g/mol. The Kier molecular flexibility index (Phi) is 15.1. The molecule has 2 aliphatic carbocycles. The van der Waals surface area contributed by atoms with E-state index in [4.69, 9.17) is 9.72 Å². The third kappa shape index (κ3) is 9.85. The predicted octanol–water partition coefficient (Wildman–Crippen LogP) is 15.9. The molecule has 2 aliphatic rings. The first kappa shape index (κ1) is 41.4. The number of hydrogen-bond donors (Lipinski definition) is 0. The molecule has 296 valence electrons. The van der Waals surface area contributed by atoms with Crippen LogP contribution in [0.2, 0.25) is 0 Å². The van der Waals surface area contributed by atoms with Gasteiger partial charge in [-0.25, -0.2) is 4.98 Å². The number of aromatic nitrogens is 3. The van der Waals surface area contributed by atoms with Gasteiger partial charge in [-0.3, -0.25) is 4.98 Å². The molecule has 0 N–H and O–H groups in total. The highest BCUT2D eigenvalue weighted by molar-refractivity contribution is 6.08. The van der Waals surface area contributed by atoms with E-state index in [1.807, 2.05) is 102 Å². The van der Waals surface area contributed by atoms with Gasteiger partial charge in [-0.05, 0) is 84.5 Å². The van der Waals surface area contributed by atoms with E-state index in [1.165, 1.54) is 97.1 Å². The molecule has 0 radical (unpaired) electrons. The van der Waals surface area contributed by atoms with E-state index < -0.39 is 0 Å². The summed E-state index contributed by atoms with van der Waals surface area (Å²) in [4.78, 5) is 9.69. The van der Waals surface area contributed by atoms with E-state index in [2.05, 4.69) is 76.3 Å². The molecule has 0 amide bonds. The molecule has 4 aromatic carbocycles. The lowest BCUT2D eigenvalue weighted by Gasteiger charge is -2.22. The molecule has 0 bridgehead atoms. The minimum Gasteiger partial charge on any atom is -0.456 e. The van der Waals surface area contributed by atoms with Crippen LogP contribution in [0.15, 0.2) is 128 Å². The van der Waals surface area contributed by atoms with Gasteiger partial charge < -0.3 is 9.30 Å². The van der Waals surface area contributed by atoms with Crippen LogP contribution < -0.4 is 4.74 Å². The van der Waals surface area contributed by atoms with Crippen LogP contribution >= 0.6 is 0 Å². The lowest BCUT2D eigenvalue weighted by atomic mass is 9.83. The highest BCUT2D eigenvalue weighted by Crippen LogP contribution is 2.40. The van der Waals surface area contributed by atoms with Crippen molar-refractivity contribution in [2.24, 2.45) is 0 Å². The zero-order valence-corrected chi connectivity index (χ0v) is 35.3. The molecule has 57 heavy (non-hydrogen) atoms. The van der Waals surface area contributed by atoms with E-state index >= 15 is 0 Å². The van der Waals surface area contributed by atoms with E-state index in [0.29, 0.717) is 11.8 Å². The number of hydrogen-bond acceptors (Lipinski definition) is 3. The van der Waals surface area contributed by atoms with Gasteiger partial charge in [0.2, 0.25) is 0 Å². The molecule has 3 heterocycles. The molecule has 2 saturated carbocycles. The fourth-order valence-corrected chi connectivity index (χ4v) is 8.69. The molecule has 4 heteroatoms. The first-order valence-electron chi connectivity index (χ1n) is 22.1. The summed E-state index contributed by atoms with van der Waals surface area (Å²) in [6.07, 6.45) is 17.2. The molecule has 0 spiro atoms. The van der Waals surface area contributed by atoms with Crippen LogP contribution in [-0.4, -0.2) is 14.5 Å². The van der Waals surface area contributed by atoms with Gasteiger partial charge in [-0.15, -0.1) is 0 Å². The van der Waals surface area contributed by atoms with Crippen molar-refractivity contribution < 1.29 is 4.74 Å². The minimum absolute atomic E-state index is 0.680. The van der Waals surface area contributed by atoms with Crippen molar-refractivity contribution in [2.75, 3.05) is 0 Å². The van der Waals surface area contributed by atoms with Gasteiger partial charge in [0.05, 0.1) is 17.6 Å². The van der Waals surface area contributed by atoms with Crippen molar-refractivity contribution in [1.82, 2.24) is 14.5 Å². The SMILES string of the molecule is CC.CC.CC.c1ccc(-c2cc(Oc3cncc(Cn4c5ccc(C6CCCCC6)cc5c5cc(C6CCCCC6)ccc54)c3)cc(-c3ccccc3)n2)cc1. The van der Waals surface area contributed by atoms with Gasteiger partial charge in [0, 0.05) is 57.8 Å². The summed E-state index contributed by atoms with van der Waals surface area (Å²) in [5.41, 5.74) is 10.6. The third-order valence-electron chi connectivity index (χ3n) is 11.4. The Morgan fingerprint density at radius 1 is 0.509 bits per heavy atom. The lowest BCUT2D eigenvalue weighted by molar-refractivity contribution is 0.444. The molecular formula is C53H63N3O. The molecule has 3 aromatic heterocycles. The number of benzene rings is 4. The van der Waals surface area contributed by atoms with Crippen LogP contribution in [0.3, 0.4) is 0 Å². The van der Waals surface area contributed by atoms with Crippen molar-refractivity contribution >= 4 is 21.8 Å². The Morgan fingerprint density at radius 3 is 1.46 bits per heavy atom. The van der Waals surface area contributed by atoms with Gasteiger partial charge in [0.15, 0.2) is 0 Å². The van der Waals surface area contributed by atoms with Crippen LogP contribution in [0.4, 0.5) is 0 Å². The largest absolute Gasteiger partial charge is 0.456 e. The van der Waals surface area contributed by atoms with Crippen molar-refractivity contribution in [3.05, 3.63) is 144 Å². The zero-order chi connectivity index (χ0) is 40.0. The third-order valence-corrected chi connectivity index (χ3v) is 11.4. The molecule has 7 aromatic rings. The number of fused-ring (bicyclic) bond motifs is 3. The van der Waals surface area contributed by atoms with E-state index in [0.717, 1.165) is 46.1 Å². The summed E-state index contributed by atoms with van der Waals surface area (Å²) in [6, 6.07) is 41.4. The maximum absolute atomic E-state index is 6.59. The van der Waals surface area contributed by atoms with E-state index in [1.54, 1.807) is 0 Å².